The van der Waals surface area contributed by atoms with Crippen LogP contribution in [0, 0.1) is 5.92 Å². The minimum atomic E-state index is 0.203. The van der Waals surface area contributed by atoms with E-state index < -0.39 is 0 Å². The Balaban J connectivity index is 2.28. The molecule has 0 fully saturated rings. The van der Waals surface area contributed by atoms with E-state index in [1.165, 1.54) is 0 Å². The molecule has 0 bridgehead atoms. The fourth-order valence-corrected chi connectivity index (χ4v) is 2.28. The van der Waals surface area contributed by atoms with Gasteiger partial charge in [-0.2, -0.15) is 0 Å². The number of benzene rings is 1. The fraction of sp³-hybridized carbons (Fsp3) is 0.294. The van der Waals surface area contributed by atoms with Crippen LogP contribution in [0.15, 0.2) is 36.7 Å². The van der Waals surface area contributed by atoms with Gasteiger partial charge in [0.1, 0.15) is 12.4 Å². The quantitative estimate of drug-likeness (QED) is 0.419. The first kappa shape index (κ1) is 15.8. The van der Waals surface area contributed by atoms with Gasteiger partial charge in [-0.15, -0.1) is 0 Å². The van der Waals surface area contributed by atoms with Crippen molar-refractivity contribution in [3.05, 3.63) is 53.3 Å². The van der Waals surface area contributed by atoms with Gasteiger partial charge in [0.05, 0.1) is 11.3 Å². The molecule has 1 heterocycles. The van der Waals surface area contributed by atoms with Gasteiger partial charge >= 0.3 is 0 Å². The molecule has 22 heavy (non-hydrogen) atoms. The van der Waals surface area contributed by atoms with Crippen LogP contribution in [0.5, 0.6) is 5.75 Å². The minimum absolute atomic E-state index is 0.203. The third kappa shape index (κ3) is 3.97. The summed E-state index contributed by atoms with van der Waals surface area (Å²) in [4.78, 5) is 4.07. The topological polar surface area (TPSA) is 99.8 Å². The summed E-state index contributed by atoms with van der Waals surface area (Å²) in [5.41, 5.74) is 15.1. The standard InChI is InChI=1S/C17H22N4O/c1-11(2)6-13-7-14(17(19)20)16(18)15(8-13)22-10-12-4-3-5-21-9-12/h3-5,7-9,11H,6,10,18H2,1-2H3,(H3,19,20)/p+1. The molecule has 0 aliphatic rings. The van der Waals surface area contributed by atoms with Crippen molar-refractivity contribution in [1.82, 2.24) is 4.98 Å². The van der Waals surface area contributed by atoms with Crippen molar-refractivity contribution < 1.29 is 10.1 Å². The highest BCUT2D eigenvalue weighted by Crippen LogP contribution is 2.29. The Kier molecular flexibility index (Phi) is 4.99. The molecule has 0 saturated heterocycles. The summed E-state index contributed by atoms with van der Waals surface area (Å²) in [6.45, 7) is 4.70. The Morgan fingerprint density at radius 3 is 2.68 bits per heavy atom. The maximum Gasteiger partial charge on any atom is 0.272 e. The van der Waals surface area contributed by atoms with Gasteiger partial charge < -0.3 is 10.5 Å². The lowest BCUT2D eigenvalue weighted by Gasteiger charge is -2.14. The molecule has 5 heteroatoms. The second-order valence-electron chi connectivity index (χ2n) is 5.76. The first-order valence-corrected chi connectivity index (χ1v) is 7.29. The van der Waals surface area contributed by atoms with E-state index in [9.17, 15) is 0 Å². The maximum absolute atomic E-state index is 6.13. The Bertz CT molecular complexity index is 653. The van der Waals surface area contributed by atoms with Gasteiger partial charge in [-0.1, -0.05) is 19.9 Å². The smallest absolute Gasteiger partial charge is 0.272 e. The zero-order chi connectivity index (χ0) is 16.1. The Morgan fingerprint density at radius 1 is 1.32 bits per heavy atom. The number of ether oxygens (including phenoxy) is 1. The van der Waals surface area contributed by atoms with E-state index >= 15 is 0 Å². The molecule has 2 rings (SSSR count). The van der Waals surface area contributed by atoms with Crippen LogP contribution in [0.4, 0.5) is 5.69 Å². The van der Waals surface area contributed by atoms with Crippen LogP contribution in [-0.4, -0.2) is 10.8 Å². The van der Waals surface area contributed by atoms with Gasteiger partial charge in [0.15, 0.2) is 0 Å². The second-order valence-corrected chi connectivity index (χ2v) is 5.76. The van der Waals surface area contributed by atoms with Crippen molar-refractivity contribution in [3.8, 4) is 5.75 Å². The minimum Gasteiger partial charge on any atom is -0.487 e. The zero-order valence-electron chi connectivity index (χ0n) is 13.0. The number of nitrogens with two attached hydrogens (primary N) is 3. The van der Waals surface area contributed by atoms with Gasteiger partial charge in [-0.05, 0) is 36.1 Å². The Labute approximate surface area is 130 Å². The van der Waals surface area contributed by atoms with E-state index in [2.05, 4.69) is 18.8 Å². The zero-order valence-corrected chi connectivity index (χ0v) is 13.0. The molecule has 0 atom stereocenters. The highest BCUT2D eigenvalue weighted by molar-refractivity contribution is 5.99. The number of anilines is 1. The lowest BCUT2D eigenvalue weighted by molar-refractivity contribution is -0.114. The van der Waals surface area contributed by atoms with Crippen LogP contribution in [0.1, 0.15) is 30.5 Å². The summed E-state index contributed by atoms with van der Waals surface area (Å²) >= 11 is 0. The number of rotatable bonds is 6. The third-order valence-corrected chi connectivity index (χ3v) is 3.27. The van der Waals surface area contributed by atoms with Gasteiger partial charge in [0.2, 0.25) is 0 Å². The van der Waals surface area contributed by atoms with Gasteiger partial charge in [-0.25, -0.2) is 0 Å². The number of nitrogens with zero attached hydrogens (tertiary/aromatic N) is 1. The van der Waals surface area contributed by atoms with Crippen molar-refractivity contribution >= 4 is 11.5 Å². The molecular formula is C17H23N4O+. The lowest BCUT2D eigenvalue weighted by atomic mass is 9.99. The molecule has 2 aromatic rings. The lowest BCUT2D eigenvalue weighted by Crippen LogP contribution is -2.46. The van der Waals surface area contributed by atoms with Crippen molar-refractivity contribution in [3.63, 3.8) is 0 Å². The summed E-state index contributed by atoms with van der Waals surface area (Å²) in [6, 6.07) is 7.71. The molecule has 0 aliphatic carbocycles. The SMILES string of the molecule is CC(C)Cc1cc(OCc2cccnc2)c(N)c(C(N)=[NH2+])c1. The van der Waals surface area contributed by atoms with Gasteiger partial charge in [0.25, 0.3) is 5.84 Å². The molecule has 0 aliphatic heterocycles. The van der Waals surface area contributed by atoms with Crippen LogP contribution in [0.2, 0.25) is 0 Å². The highest BCUT2D eigenvalue weighted by atomic mass is 16.5. The fourth-order valence-electron chi connectivity index (χ4n) is 2.28. The first-order chi connectivity index (χ1) is 10.5. The third-order valence-electron chi connectivity index (χ3n) is 3.27. The maximum atomic E-state index is 6.13. The predicted octanol–water partition coefficient (Wildman–Crippen LogP) is 0.906. The number of pyridine rings is 1. The molecule has 6 N–H and O–H groups in total. The molecule has 0 spiro atoms. The molecule has 0 unspecified atom stereocenters. The molecule has 1 aromatic heterocycles. The van der Waals surface area contributed by atoms with Crippen molar-refractivity contribution in [2.24, 2.45) is 11.7 Å². The summed E-state index contributed by atoms with van der Waals surface area (Å²) < 4.78 is 5.85. The normalized spacial score (nSPS) is 10.7. The summed E-state index contributed by atoms with van der Waals surface area (Å²) in [7, 11) is 0. The predicted molar refractivity (Wildman–Crippen MR) is 88.2 cm³/mol. The Morgan fingerprint density at radius 2 is 2.09 bits per heavy atom. The van der Waals surface area contributed by atoms with E-state index in [-0.39, 0.29) is 5.84 Å². The summed E-state index contributed by atoms with van der Waals surface area (Å²) in [5.74, 6) is 1.32. The largest absolute Gasteiger partial charge is 0.487 e. The molecular weight excluding hydrogens is 276 g/mol. The molecule has 5 nitrogen and oxygen atoms in total. The Hall–Kier alpha value is -2.56. The highest BCUT2D eigenvalue weighted by Gasteiger charge is 2.15. The molecule has 0 saturated carbocycles. The number of hydrogen-bond donors (Lipinski definition) is 3. The van der Waals surface area contributed by atoms with Gasteiger partial charge in [0, 0.05) is 18.0 Å². The van der Waals surface area contributed by atoms with Crippen LogP contribution >= 0.6 is 0 Å². The number of hydrogen-bond acceptors (Lipinski definition) is 3. The van der Waals surface area contributed by atoms with Crippen LogP contribution in [-0.2, 0) is 13.0 Å². The van der Waals surface area contributed by atoms with Crippen LogP contribution in [0.25, 0.3) is 0 Å². The molecule has 1 aromatic carbocycles. The number of nitrogen functional groups attached to an aromatic ring is 1. The van der Waals surface area contributed by atoms with Crippen LogP contribution in [0.3, 0.4) is 0 Å². The average molecular weight is 299 g/mol. The van der Waals surface area contributed by atoms with Crippen molar-refractivity contribution in [2.45, 2.75) is 26.9 Å². The molecule has 0 amide bonds. The number of aromatic nitrogens is 1. The van der Waals surface area contributed by atoms with Crippen LogP contribution < -0.4 is 21.6 Å². The molecule has 0 radical (unpaired) electrons. The van der Waals surface area contributed by atoms with Crippen molar-refractivity contribution in [1.29, 1.82) is 0 Å². The van der Waals surface area contributed by atoms with E-state index in [1.54, 1.807) is 12.4 Å². The van der Waals surface area contributed by atoms with Gasteiger partial charge in [-0.3, -0.25) is 16.1 Å². The van der Waals surface area contributed by atoms with E-state index in [4.69, 9.17) is 21.6 Å². The molecule has 116 valence electrons. The monoisotopic (exact) mass is 299 g/mol. The van der Waals surface area contributed by atoms with E-state index in [0.717, 1.165) is 17.5 Å². The van der Waals surface area contributed by atoms with E-state index in [1.807, 2.05) is 24.3 Å². The first-order valence-electron chi connectivity index (χ1n) is 7.29. The second kappa shape index (κ2) is 6.93. The number of amidine groups is 1. The van der Waals surface area contributed by atoms with E-state index in [0.29, 0.717) is 29.5 Å². The summed E-state index contributed by atoms with van der Waals surface area (Å²) in [5, 5.41) is 5.74. The average Bonchev–Trinajstić information content (AvgIpc) is 2.47. The summed E-state index contributed by atoms with van der Waals surface area (Å²) in [6.07, 6.45) is 4.39. The van der Waals surface area contributed by atoms with Crippen molar-refractivity contribution in [2.75, 3.05) is 5.73 Å².